The molecule has 0 unspecified atom stereocenters. The number of hydrogen-bond donors (Lipinski definition) is 2. The molecule has 2 N–H and O–H groups in total. The second-order valence-electron chi connectivity index (χ2n) is 3.29. The first-order valence-corrected chi connectivity index (χ1v) is 4.88. The number of carbonyl (C=O) groups is 2. The molecule has 0 saturated heterocycles. The molecule has 0 aliphatic heterocycles. The number of methoxy groups -OCH3 is 1. The third-order valence-electron chi connectivity index (χ3n) is 2.20. The van der Waals surface area contributed by atoms with Gasteiger partial charge in [0.2, 0.25) is 0 Å². The zero-order chi connectivity index (χ0) is 14.6. The Morgan fingerprint density at radius 3 is 2.16 bits per heavy atom. The van der Waals surface area contributed by atoms with Gasteiger partial charge in [0.05, 0.1) is 17.6 Å². The Bertz CT molecular complexity index is 560. The minimum Gasteiger partial charge on any atom is -0.495 e. The highest BCUT2D eigenvalue weighted by molar-refractivity contribution is 6.18. The summed E-state index contributed by atoms with van der Waals surface area (Å²) in [6, 6.07) is 5.11. The Morgan fingerprint density at radius 1 is 1.21 bits per heavy atom. The summed E-state index contributed by atoms with van der Waals surface area (Å²) >= 11 is 0. The normalized spacial score (nSPS) is 9.53. The van der Waals surface area contributed by atoms with E-state index in [0.29, 0.717) is 0 Å². The lowest BCUT2D eigenvalue weighted by molar-refractivity contribution is -0.385. The van der Waals surface area contributed by atoms with Crippen LogP contribution < -0.4 is 0 Å². The smallest absolute Gasteiger partial charge is 0.347 e. The quantitative estimate of drug-likeness (QED) is 0.204. The lowest BCUT2D eigenvalue weighted by Gasteiger charge is -2.09. The number of para-hydroxylation sites is 1. The molecule has 1 aromatic rings. The Balaban J connectivity index is 3.64. The van der Waals surface area contributed by atoms with Gasteiger partial charge in [-0.15, -0.1) is 0 Å². The van der Waals surface area contributed by atoms with Gasteiger partial charge in [-0.1, -0.05) is 12.1 Å². The third-order valence-corrected chi connectivity index (χ3v) is 2.20. The zero-order valence-corrected chi connectivity index (χ0v) is 9.69. The van der Waals surface area contributed by atoms with Crippen molar-refractivity contribution in [3.05, 3.63) is 45.5 Å². The molecule has 0 aromatic heterocycles. The van der Waals surface area contributed by atoms with Crippen LogP contribution in [0, 0.1) is 10.1 Å². The van der Waals surface area contributed by atoms with Crippen molar-refractivity contribution in [2.75, 3.05) is 7.11 Å². The minimum atomic E-state index is -1.75. The van der Waals surface area contributed by atoms with Crippen molar-refractivity contribution in [3.63, 3.8) is 0 Å². The molecule has 8 nitrogen and oxygen atoms in total. The van der Waals surface area contributed by atoms with Crippen LogP contribution in [0.15, 0.2) is 29.8 Å². The molecule has 100 valence electrons. The summed E-state index contributed by atoms with van der Waals surface area (Å²) in [6.07, 6.45) is 0. The van der Waals surface area contributed by atoms with Crippen LogP contribution in [-0.4, -0.2) is 34.2 Å². The maximum Gasteiger partial charge on any atom is 0.347 e. The Hall–Kier alpha value is -2.90. The lowest BCUT2D eigenvalue weighted by Crippen LogP contribution is -2.15. The van der Waals surface area contributed by atoms with E-state index in [4.69, 9.17) is 14.9 Å². The molecule has 0 aliphatic rings. The first kappa shape index (κ1) is 14.2. The average molecular weight is 267 g/mol. The highest BCUT2D eigenvalue weighted by Gasteiger charge is 2.28. The number of ether oxygens (including phenoxy) is 1. The maximum absolute atomic E-state index is 10.9. The molecular weight excluding hydrogens is 258 g/mol. The molecule has 0 spiro atoms. The van der Waals surface area contributed by atoms with Crippen LogP contribution >= 0.6 is 0 Å². The van der Waals surface area contributed by atoms with Crippen molar-refractivity contribution < 1.29 is 29.5 Å². The van der Waals surface area contributed by atoms with Gasteiger partial charge < -0.3 is 14.9 Å². The molecule has 1 rings (SSSR count). The molecule has 0 bridgehead atoms. The van der Waals surface area contributed by atoms with Gasteiger partial charge in [0.25, 0.3) is 5.69 Å². The topological polar surface area (TPSA) is 127 Å². The highest BCUT2D eigenvalue weighted by atomic mass is 16.6. The summed E-state index contributed by atoms with van der Waals surface area (Å²) in [7, 11) is 1.04. The fraction of sp³-hybridized carbons (Fsp3) is 0.0909. The zero-order valence-electron chi connectivity index (χ0n) is 9.69. The standard InChI is InChI=1S/C11H9NO7/c1-19-9(8(10(13)14)11(15)16)6-4-2-3-5-7(6)12(17)18/h2-5H,1H3,(H,13,14)(H,15,16). The summed E-state index contributed by atoms with van der Waals surface area (Å²) in [5, 5.41) is 28.5. The largest absolute Gasteiger partial charge is 0.495 e. The number of nitrogens with zero attached hydrogens (tertiary/aromatic N) is 1. The van der Waals surface area contributed by atoms with Gasteiger partial charge >= 0.3 is 11.9 Å². The first-order chi connectivity index (χ1) is 8.90. The van der Waals surface area contributed by atoms with Crippen molar-refractivity contribution in [2.24, 2.45) is 0 Å². The van der Waals surface area contributed by atoms with E-state index in [1.54, 1.807) is 0 Å². The highest BCUT2D eigenvalue weighted by Crippen LogP contribution is 2.28. The SMILES string of the molecule is COC(=C(C(=O)O)C(=O)O)c1ccccc1[N+](=O)[O-]. The van der Waals surface area contributed by atoms with Crippen LogP contribution in [0.25, 0.3) is 5.76 Å². The van der Waals surface area contributed by atoms with Crippen LogP contribution in [0.3, 0.4) is 0 Å². The molecule has 1 aromatic carbocycles. The van der Waals surface area contributed by atoms with E-state index >= 15 is 0 Å². The predicted octanol–water partition coefficient (Wildman–Crippen LogP) is 1.12. The summed E-state index contributed by atoms with van der Waals surface area (Å²) in [4.78, 5) is 31.9. The Kier molecular flexibility index (Phi) is 4.19. The number of carboxylic acids is 2. The van der Waals surface area contributed by atoms with E-state index in [0.717, 1.165) is 13.2 Å². The number of nitro groups is 1. The van der Waals surface area contributed by atoms with Gasteiger partial charge in [0, 0.05) is 6.07 Å². The summed E-state index contributed by atoms with van der Waals surface area (Å²) in [5.41, 5.74) is -1.73. The van der Waals surface area contributed by atoms with Gasteiger partial charge in [-0.3, -0.25) is 10.1 Å². The van der Waals surface area contributed by atoms with E-state index in [1.807, 2.05) is 0 Å². The van der Waals surface area contributed by atoms with Gasteiger partial charge in [-0.2, -0.15) is 0 Å². The van der Waals surface area contributed by atoms with Crippen molar-refractivity contribution >= 4 is 23.4 Å². The van der Waals surface area contributed by atoms with Crippen molar-refractivity contribution in [1.29, 1.82) is 0 Å². The molecule has 0 heterocycles. The maximum atomic E-state index is 10.9. The number of carboxylic acid groups (broad SMARTS) is 2. The van der Waals surface area contributed by atoms with Crippen molar-refractivity contribution in [3.8, 4) is 0 Å². The number of rotatable bonds is 5. The van der Waals surface area contributed by atoms with Crippen molar-refractivity contribution in [1.82, 2.24) is 0 Å². The predicted molar refractivity (Wildman–Crippen MR) is 62.3 cm³/mol. The monoisotopic (exact) mass is 267 g/mol. The molecule has 0 amide bonds. The second-order valence-corrected chi connectivity index (χ2v) is 3.29. The summed E-state index contributed by atoms with van der Waals surface area (Å²) in [6.45, 7) is 0. The molecule has 8 heteroatoms. The Morgan fingerprint density at radius 2 is 1.74 bits per heavy atom. The number of hydrogen-bond acceptors (Lipinski definition) is 5. The van der Waals surface area contributed by atoms with E-state index in [-0.39, 0.29) is 5.56 Å². The van der Waals surface area contributed by atoms with Gasteiger partial charge in [-0.25, -0.2) is 9.59 Å². The third kappa shape index (κ3) is 2.86. The lowest BCUT2D eigenvalue weighted by atomic mass is 10.1. The average Bonchev–Trinajstić information content (AvgIpc) is 2.34. The molecule has 0 atom stereocenters. The summed E-state index contributed by atoms with van der Waals surface area (Å²) in [5.74, 6) is -4.07. The molecule has 0 aliphatic carbocycles. The van der Waals surface area contributed by atoms with E-state index in [9.17, 15) is 19.7 Å². The summed E-state index contributed by atoms with van der Waals surface area (Å²) < 4.78 is 4.73. The second kappa shape index (κ2) is 5.63. The van der Waals surface area contributed by atoms with Gasteiger partial charge in [0.1, 0.15) is 0 Å². The van der Waals surface area contributed by atoms with Gasteiger partial charge in [-0.05, 0) is 6.07 Å². The van der Waals surface area contributed by atoms with Crippen molar-refractivity contribution in [2.45, 2.75) is 0 Å². The van der Waals surface area contributed by atoms with E-state index in [2.05, 4.69) is 0 Å². The molecular formula is C11H9NO7. The fourth-order valence-corrected chi connectivity index (χ4v) is 1.46. The van der Waals surface area contributed by atoms with E-state index < -0.39 is 33.9 Å². The number of aliphatic carboxylic acids is 2. The molecule has 19 heavy (non-hydrogen) atoms. The molecule has 0 fully saturated rings. The van der Waals surface area contributed by atoms with Crippen LogP contribution in [0.1, 0.15) is 5.56 Å². The van der Waals surface area contributed by atoms with Crippen LogP contribution in [0.4, 0.5) is 5.69 Å². The Labute approximate surface area is 106 Å². The first-order valence-electron chi connectivity index (χ1n) is 4.88. The van der Waals surface area contributed by atoms with Crippen LogP contribution in [-0.2, 0) is 14.3 Å². The fourth-order valence-electron chi connectivity index (χ4n) is 1.46. The van der Waals surface area contributed by atoms with Crippen LogP contribution in [0.2, 0.25) is 0 Å². The molecule has 0 radical (unpaired) electrons. The van der Waals surface area contributed by atoms with E-state index in [1.165, 1.54) is 18.2 Å². The minimum absolute atomic E-state index is 0.213. The number of nitro benzene ring substituents is 1. The van der Waals surface area contributed by atoms with Crippen LogP contribution in [0.5, 0.6) is 0 Å². The van der Waals surface area contributed by atoms with Gasteiger partial charge in [0.15, 0.2) is 11.3 Å². The molecule has 0 saturated carbocycles. The number of benzene rings is 1.